The summed E-state index contributed by atoms with van der Waals surface area (Å²) in [6, 6.07) is 7.56. The van der Waals surface area contributed by atoms with Crippen molar-refractivity contribution in [3.8, 4) is 11.3 Å². The molecule has 0 spiro atoms. The number of carbonyl (C=O) groups is 2. The highest BCUT2D eigenvalue weighted by molar-refractivity contribution is 5.95. The summed E-state index contributed by atoms with van der Waals surface area (Å²) in [5.74, 6) is 0.612. The zero-order valence-electron chi connectivity index (χ0n) is 19.0. The summed E-state index contributed by atoms with van der Waals surface area (Å²) in [5.41, 5.74) is 4.23. The van der Waals surface area contributed by atoms with Crippen molar-refractivity contribution in [2.75, 3.05) is 31.1 Å². The molecule has 0 saturated carbocycles. The first kappa shape index (κ1) is 22.0. The number of hydrogen-bond donors (Lipinski definition) is 2. The largest absolute Gasteiger partial charge is 0.444 e. The maximum absolute atomic E-state index is 12.7. The molecule has 8 heteroatoms. The molecule has 1 aromatic carbocycles. The Morgan fingerprint density at radius 3 is 2.56 bits per heavy atom. The minimum Gasteiger partial charge on any atom is -0.444 e. The molecule has 0 unspecified atom stereocenters. The Hall–Kier alpha value is -3.16. The van der Waals surface area contributed by atoms with E-state index >= 15 is 0 Å². The first-order valence-electron chi connectivity index (χ1n) is 11.3. The first-order valence-corrected chi connectivity index (χ1v) is 11.3. The molecule has 2 aliphatic rings. The van der Waals surface area contributed by atoms with Gasteiger partial charge < -0.3 is 20.3 Å². The standard InChI is InChI=1S/C24H31N5O3/c1-24(2,3)32-23(31)26-12-11-25-21(30)17-8-4-7-16(15-17)20-18-9-5-10-19(18)27-22(28-20)29-13-6-14-29/h4,7-8,15H,5-6,9-14H2,1-3H3,(H,25,30)(H,26,31). The molecule has 2 heterocycles. The second kappa shape index (κ2) is 9.14. The topological polar surface area (TPSA) is 96.5 Å². The Bertz CT molecular complexity index is 1010. The molecule has 0 radical (unpaired) electrons. The molecule has 1 aliphatic carbocycles. The molecule has 170 valence electrons. The molecule has 32 heavy (non-hydrogen) atoms. The van der Waals surface area contributed by atoms with Crippen LogP contribution in [0.4, 0.5) is 10.7 Å². The van der Waals surface area contributed by atoms with E-state index in [2.05, 4.69) is 15.5 Å². The number of ether oxygens (including phenoxy) is 1. The minimum atomic E-state index is -0.551. The predicted octanol–water partition coefficient (Wildman–Crippen LogP) is 3.10. The van der Waals surface area contributed by atoms with Crippen molar-refractivity contribution in [1.29, 1.82) is 0 Å². The van der Waals surface area contributed by atoms with Crippen LogP contribution in [0.2, 0.25) is 0 Å². The Balaban J connectivity index is 1.42. The van der Waals surface area contributed by atoms with Crippen LogP contribution in [0.15, 0.2) is 24.3 Å². The van der Waals surface area contributed by atoms with E-state index in [1.54, 1.807) is 26.8 Å². The number of alkyl carbamates (subject to hydrolysis) is 1. The van der Waals surface area contributed by atoms with Crippen molar-refractivity contribution in [2.45, 2.75) is 52.1 Å². The van der Waals surface area contributed by atoms with Gasteiger partial charge >= 0.3 is 6.09 Å². The summed E-state index contributed by atoms with van der Waals surface area (Å²) < 4.78 is 5.19. The fourth-order valence-corrected chi connectivity index (χ4v) is 3.88. The average Bonchev–Trinajstić information content (AvgIpc) is 3.16. The van der Waals surface area contributed by atoms with E-state index in [1.807, 2.05) is 18.2 Å². The maximum atomic E-state index is 12.7. The third kappa shape index (κ3) is 5.18. The van der Waals surface area contributed by atoms with Crippen LogP contribution >= 0.6 is 0 Å². The predicted molar refractivity (Wildman–Crippen MR) is 123 cm³/mol. The highest BCUT2D eigenvalue weighted by Crippen LogP contribution is 2.33. The number of aryl methyl sites for hydroxylation is 1. The molecular formula is C24H31N5O3. The summed E-state index contributed by atoms with van der Waals surface area (Å²) in [5, 5.41) is 5.49. The number of aromatic nitrogens is 2. The molecule has 4 rings (SSSR count). The highest BCUT2D eigenvalue weighted by Gasteiger charge is 2.25. The summed E-state index contributed by atoms with van der Waals surface area (Å²) in [6.45, 7) is 8.02. The van der Waals surface area contributed by atoms with E-state index in [0.29, 0.717) is 18.7 Å². The van der Waals surface area contributed by atoms with Gasteiger partial charge in [0.15, 0.2) is 0 Å². The second-order valence-corrected chi connectivity index (χ2v) is 9.26. The van der Waals surface area contributed by atoms with E-state index in [0.717, 1.165) is 55.3 Å². The van der Waals surface area contributed by atoms with Gasteiger partial charge in [-0.2, -0.15) is 0 Å². The average molecular weight is 438 g/mol. The molecular weight excluding hydrogens is 406 g/mol. The second-order valence-electron chi connectivity index (χ2n) is 9.26. The Labute approximate surface area is 188 Å². The fraction of sp³-hybridized carbons (Fsp3) is 0.500. The molecule has 2 aromatic rings. The lowest BCUT2D eigenvalue weighted by molar-refractivity contribution is 0.0526. The van der Waals surface area contributed by atoms with Crippen LogP contribution in [0.1, 0.15) is 55.2 Å². The first-order chi connectivity index (χ1) is 15.3. The van der Waals surface area contributed by atoms with Crippen molar-refractivity contribution in [1.82, 2.24) is 20.6 Å². The van der Waals surface area contributed by atoms with Crippen molar-refractivity contribution in [3.05, 3.63) is 41.1 Å². The van der Waals surface area contributed by atoms with Crippen molar-refractivity contribution >= 4 is 17.9 Å². The summed E-state index contributed by atoms with van der Waals surface area (Å²) in [7, 11) is 0. The highest BCUT2D eigenvalue weighted by atomic mass is 16.6. The van der Waals surface area contributed by atoms with E-state index in [-0.39, 0.29) is 5.91 Å². The normalized spacial score (nSPS) is 15.0. The van der Waals surface area contributed by atoms with Gasteiger partial charge in [-0.05, 0) is 58.6 Å². The van der Waals surface area contributed by atoms with Gasteiger partial charge in [0.2, 0.25) is 5.95 Å². The summed E-state index contributed by atoms with van der Waals surface area (Å²) in [4.78, 5) is 36.3. The number of amides is 2. The van der Waals surface area contributed by atoms with Gasteiger partial charge in [0.1, 0.15) is 5.60 Å². The number of nitrogens with one attached hydrogen (secondary N) is 2. The molecule has 8 nitrogen and oxygen atoms in total. The van der Waals surface area contributed by atoms with Gasteiger partial charge in [0.05, 0.1) is 5.69 Å². The van der Waals surface area contributed by atoms with Gasteiger partial charge in [0.25, 0.3) is 5.91 Å². The van der Waals surface area contributed by atoms with E-state index < -0.39 is 11.7 Å². The van der Waals surface area contributed by atoms with Crippen LogP contribution in [0.5, 0.6) is 0 Å². The smallest absolute Gasteiger partial charge is 0.407 e. The Kier molecular flexibility index (Phi) is 6.30. The number of nitrogens with zero attached hydrogens (tertiary/aromatic N) is 3. The zero-order valence-corrected chi connectivity index (χ0v) is 19.0. The van der Waals surface area contributed by atoms with Crippen molar-refractivity contribution in [3.63, 3.8) is 0 Å². The molecule has 2 amide bonds. The lowest BCUT2D eigenvalue weighted by atomic mass is 10.0. The number of benzene rings is 1. The van der Waals surface area contributed by atoms with Crippen molar-refractivity contribution in [2.24, 2.45) is 0 Å². The van der Waals surface area contributed by atoms with Gasteiger partial charge in [0, 0.05) is 48.6 Å². The number of hydrogen-bond acceptors (Lipinski definition) is 6. The molecule has 1 aromatic heterocycles. The number of fused-ring (bicyclic) bond motifs is 1. The van der Waals surface area contributed by atoms with Crippen LogP contribution in [-0.4, -0.2) is 53.7 Å². The number of carbonyl (C=O) groups excluding carboxylic acids is 2. The third-order valence-corrected chi connectivity index (χ3v) is 5.54. The quantitative estimate of drug-likeness (QED) is 0.674. The fourth-order valence-electron chi connectivity index (χ4n) is 3.88. The van der Waals surface area contributed by atoms with E-state index in [9.17, 15) is 9.59 Å². The Morgan fingerprint density at radius 2 is 1.84 bits per heavy atom. The molecule has 2 N–H and O–H groups in total. The summed E-state index contributed by atoms with van der Waals surface area (Å²) in [6.07, 6.45) is 3.72. The van der Waals surface area contributed by atoms with Gasteiger partial charge in [-0.15, -0.1) is 0 Å². The Morgan fingerprint density at radius 1 is 1.06 bits per heavy atom. The zero-order chi connectivity index (χ0) is 22.7. The van der Waals surface area contributed by atoms with Gasteiger partial charge in [-0.1, -0.05) is 12.1 Å². The molecule has 1 aliphatic heterocycles. The monoisotopic (exact) mass is 437 g/mol. The van der Waals surface area contributed by atoms with Crippen LogP contribution in [0.3, 0.4) is 0 Å². The number of anilines is 1. The lowest BCUT2D eigenvalue weighted by Crippen LogP contribution is -2.38. The molecule has 1 fully saturated rings. The number of rotatable bonds is 6. The van der Waals surface area contributed by atoms with Crippen LogP contribution in [0.25, 0.3) is 11.3 Å². The maximum Gasteiger partial charge on any atom is 0.407 e. The minimum absolute atomic E-state index is 0.188. The molecule has 0 atom stereocenters. The van der Waals surface area contributed by atoms with E-state index in [4.69, 9.17) is 14.7 Å². The van der Waals surface area contributed by atoms with Crippen LogP contribution in [0, 0.1) is 0 Å². The molecule has 0 bridgehead atoms. The molecule has 1 saturated heterocycles. The summed E-state index contributed by atoms with van der Waals surface area (Å²) >= 11 is 0. The van der Waals surface area contributed by atoms with Gasteiger partial charge in [-0.3, -0.25) is 4.79 Å². The van der Waals surface area contributed by atoms with Crippen LogP contribution in [-0.2, 0) is 17.6 Å². The lowest BCUT2D eigenvalue weighted by Gasteiger charge is -2.31. The van der Waals surface area contributed by atoms with Crippen molar-refractivity contribution < 1.29 is 14.3 Å². The third-order valence-electron chi connectivity index (χ3n) is 5.54. The van der Waals surface area contributed by atoms with E-state index in [1.165, 1.54) is 12.0 Å². The SMILES string of the molecule is CC(C)(C)OC(=O)NCCNC(=O)c1cccc(-c2nc(N3CCC3)nc3c2CCC3)c1. The van der Waals surface area contributed by atoms with Crippen LogP contribution < -0.4 is 15.5 Å². The van der Waals surface area contributed by atoms with Gasteiger partial charge in [-0.25, -0.2) is 14.8 Å².